The number of aryl methyl sites for hydroxylation is 1. The molecular formula is C17H15BrFN3O. The summed E-state index contributed by atoms with van der Waals surface area (Å²) < 4.78 is 21.4. The molecule has 2 aromatic carbocycles. The summed E-state index contributed by atoms with van der Waals surface area (Å²) >= 11 is 3.50. The Morgan fingerprint density at radius 2 is 1.96 bits per heavy atom. The summed E-state index contributed by atoms with van der Waals surface area (Å²) in [6.07, 6.45) is 1.76. The van der Waals surface area contributed by atoms with Gasteiger partial charge < -0.3 is 10.1 Å². The Balaban J connectivity index is 1.90. The molecule has 0 saturated carbocycles. The molecule has 0 aliphatic carbocycles. The minimum atomic E-state index is -0.400. The van der Waals surface area contributed by atoms with E-state index in [0.29, 0.717) is 5.69 Å². The maximum Gasteiger partial charge on any atom is 0.167 e. The highest BCUT2D eigenvalue weighted by molar-refractivity contribution is 9.10. The quantitative estimate of drug-likeness (QED) is 0.715. The van der Waals surface area contributed by atoms with Crippen molar-refractivity contribution in [2.24, 2.45) is 7.05 Å². The van der Waals surface area contributed by atoms with Gasteiger partial charge in [-0.1, -0.05) is 12.1 Å². The van der Waals surface area contributed by atoms with Crippen molar-refractivity contribution < 1.29 is 9.13 Å². The second-order valence-corrected chi connectivity index (χ2v) is 5.87. The molecule has 1 N–H and O–H groups in total. The third-order valence-electron chi connectivity index (χ3n) is 3.47. The van der Waals surface area contributed by atoms with E-state index >= 15 is 0 Å². The minimum Gasteiger partial charge on any atom is -0.494 e. The number of nitrogens with zero attached hydrogens (tertiary/aromatic N) is 2. The molecule has 1 aromatic heterocycles. The number of ether oxygens (including phenoxy) is 1. The van der Waals surface area contributed by atoms with E-state index in [1.54, 1.807) is 23.0 Å². The number of hydrogen-bond donors (Lipinski definition) is 1. The minimum absolute atomic E-state index is 0.225. The van der Waals surface area contributed by atoms with Gasteiger partial charge >= 0.3 is 0 Å². The highest BCUT2D eigenvalue weighted by atomic mass is 79.9. The number of halogens is 2. The highest BCUT2D eigenvalue weighted by Gasteiger charge is 2.09. The van der Waals surface area contributed by atoms with Gasteiger partial charge in [0.25, 0.3) is 0 Å². The largest absolute Gasteiger partial charge is 0.494 e. The van der Waals surface area contributed by atoms with Gasteiger partial charge in [-0.05, 0) is 40.2 Å². The first-order valence-corrected chi connectivity index (χ1v) is 7.76. The first kappa shape index (κ1) is 15.6. The molecule has 0 bridgehead atoms. The Morgan fingerprint density at radius 3 is 2.61 bits per heavy atom. The monoisotopic (exact) mass is 375 g/mol. The van der Waals surface area contributed by atoms with E-state index in [4.69, 9.17) is 4.74 Å². The van der Waals surface area contributed by atoms with Crippen molar-refractivity contribution in [3.63, 3.8) is 0 Å². The van der Waals surface area contributed by atoms with Crippen LogP contribution in [0.1, 0.15) is 0 Å². The number of hydrogen-bond acceptors (Lipinski definition) is 3. The van der Waals surface area contributed by atoms with Crippen LogP contribution in [0, 0.1) is 5.82 Å². The number of nitrogens with one attached hydrogen (secondary N) is 1. The number of rotatable bonds is 4. The summed E-state index contributed by atoms with van der Waals surface area (Å²) in [5.41, 5.74) is 3.51. The van der Waals surface area contributed by atoms with Crippen LogP contribution in [0.5, 0.6) is 5.75 Å². The average Bonchev–Trinajstić information content (AvgIpc) is 2.87. The Bertz CT molecular complexity index is 828. The standard InChI is InChI=1S/C17H15BrFN3O/c1-22-17(14(18)10-20-22)11-4-3-5-12(8-11)21-13-6-7-16(23-2)15(19)9-13/h3-10,21H,1-2H3. The zero-order valence-electron chi connectivity index (χ0n) is 12.7. The van der Waals surface area contributed by atoms with Gasteiger partial charge in [-0.2, -0.15) is 5.10 Å². The zero-order valence-corrected chi connectivity index (χ0v) is 14.3. The first-order chi connectivity index (χ1) is 11.1. The second kappa shape index (κ2) is 6.42. The van der Waals surface area contributed by atoms with Gasteiger partial charge in [0.1, 0.15) is 0 Å². The Labute approximate surface area is 142 Å². The molecule has 1 heterocycles. The fraction of sp³-hybridized carbons (Fsp3) is 0.118. The van der Waals surface area contributed by atoms with E-state index in [9.17, 15) is 4.39 Å². The highest BCUT2D eigenvalue weighted by Crippen LogP contribution is 2.30. The molecule has 0 amide bonds. The molecule has 0 spiro atoms. The van der Waals surface area contributed by atoms with Crippen LogP contribution in [0.25, 0.3) is 11.3 Å². The van der Waals surface area contributed by atoms with Crippen molar-refractivity contribution >= 4 is 27.3 Å². The normalized spacial score (nSPS) is 10.6. The maximum absolute atomic E-state index is 13.8. The number of benzene rings is 2. The Morgan fingerprint density at radius 1 is 1.17 bits per heavy atom. The smallest absolute Gasteiger partial charge is 0.167 e. The van der Waals surface area contributed by atoms with Gasteiger partial charge in [0, 0.05) is 30.1 Å². The van der Waals surface area contributed by atoms with Crippen LogP contribution < -0.4 is 10.1 Å². The molecule has 0 atom stereocenters. The maximum atomic E-state index is 13.8. The molecule has 6 heteroatoms. The van der Waals surface area contributed by atoms with E-state index < -0.39 is 5.82 Å². The van der Waals surface area contributed by atoms with Crippen molar-refractivity contribution in [2.45, 2.75) is 0 Å². The summed E-state index contributed by atoms with van der Waals surface area (Å²) in [5.74, 6) is -0.175. The SMILES string of the molecule is COc1ccc(Nc2cccc(-c3c(Br)cnn3C)c2)cc1F. The Kier molecular flexibility index (Phi) is 4.34. The molecule has 118 valence electrons. The van der Waals surface area contributed by atoms with E-state index in [1.807, 2.05) is 31.3 Å². The molecule has 0 aliphatic heterocycles. The van der Waals surface area contributed by atoms with E-state index in [-0.39, 0.29) is 5.75 Å². The van der Waals surface area contributed by atoms with Gasteiger partial charge in [-0.25, -0.2) is 4.39 Å². The summed E-state index contributed by atoms with van der Waals surface area (Å²) in [6, 6.07) is 12.6. The van der Waals surface area contributed by atoms with E-state index in [1.165, 1.54) is 13.2 Å². The fourth-order valence-corrected chi connectivity index (χ4v) is 2.97. The second-order valence-electron chi connectivity index (χ2n) is 5.02. The fourth-order valence-electron chi connectivity index (χ4n) is 2.39. The summed E-state index contributed by atoms with van der Waals surface area (Å²) in [7, 11) is 3.33. The summed E-state index contributed by atoms with van der Waals surface area (Å²) in [6.45, 7) is 0. The van der Waals surface area contributed by atoms with Crippen LogP contribution in [-0.2, 0) is 7.05 Å². The van der Waals surface area contributed by atoms with Crippen LogP contribution in [0.4, 0.5) is 15.8 Å². The molecule has 4 nitrogen and oxygen atoms in total. The lowest BCUT2D eigenvalue weighted by Crippen LogP contribution is -1.96. The van der Waals surface area contributed by atoms with Crippen LogP contribution >= 0.6 is 15.9 Å². The Hall–Kier alpha value is -2.34. The molecule has 0 radical (unpaired) electrons. The molecule has 0 unspecified atom stereocenters. The number of anilines is 2. The number of methoxy groups -OCH3 is 1. The van der Waals surface area contributed by atoms with Crippen molar-refractivity contribution in [1.29, 1.82) is 0 Å². The predicted molar refractivity (Wildman–Crippen MR) is 92.6 cm³/mol. The van der Waals surface area contributed by atoms with E-state index in [0.717, 1.165) is 21.4 Å². The molecular weight excluding hydrogens is 361 g/mol. The van der Waals surface area contributed by atoms with E-state index in [2.05, 4.69) is 26.3 Å². The third-order valence-corrected chi connectivity index (χ3v) is 4.05. The van der Waals surface area contributed by atoms with Crippen molar-refractivity contribution in [2.75, 3.05) is 12.4 Å². The van der Waals surface area contributed by atoms with Gasteiger partial charge in [0.15, 0.2) is 11.6 Å². The van der Waals surface area contributed by atoms with Crippen LogP contribution in [0.2, 0.25) is 0 Å². The summed E-state index contributed by atoms with van der Waals surface area (Å²) in [5, 5.41) is 7.42. The molecule has 3 aromatic rings. The van der Waals surface area contributed by atoms with Crippen molar-refractivity contribution in [1.82, 2.24) is 9.78 Å². The zero-order chi connectivity index (χ0) is 16.4. The predicted octanol–water partition coefficient (Wildman–Crippen LogP) is 4.74. The lowest BCUT2D eigenvalue weighted by atomic mass is 10.1. The molecule has 3 rings (SSSR count). The van der Waals surface area contributed by atoms with Crippen molar-refractivity contribution in [3.05, 3.63) is 59.0 Å². The van der Waals surface area contributed by atoms with Crippen LogP contribution in [-0.4, -0.2) is 16.9 Å². The van der Waals surface area contributed by atoms with Gasteiger partial charge in [0.2, 0.25) is 0 Å². The molecule has 0 fully saturated rings. The lowest BCUT2D eigenvalue weighted by Gasteiger charge is -2.10. The van der Waals surface area contributed by atoms with Crippen LogP contribution in [0.3, 0.4) is 0 Å². The number of aromatic nitrogens is 2. The molecule has 23 heavy (non-hydrogen) atoms. The molecule has 0 saturated heterocycles. The van der Waals surface area contributed by atoms with Crippen molar-refractivity contribution in [3.8, 4) is 17.0 Å². The average molecular weight is 376 g/mol. The van der Waals surface area contributed by atoms with Crippen LogP contribution in [0.15, 0.2) is 53.1 Å². The molecule has 0 aliphatic rings. The topological polar surface area (TPSA) is 39.1 Å². The summed E-state index contributed by atoms with van der Waals surface area (Å²) in [4.78, 5) is 0. The first-order valence-electron chi connectivity index (χ1n) is 6.97. The third kappa shape index (κ3) is 3.22. The van der Waals surface area contributed by atoms with Gasteiger partial charge in [-0.15, -0.1) is 0 Å². The lowest BCUT2D eigenvalue weighted by molar-refractivity contribution is 0.386. The van der Waals surface area contributed by atoms with Gasteiger partial charge in [0.05, 0.1) is 23.5 Å². The van der Waals surface area contributed by atoms with Gasteiger partial charge in [-0.3, -0.25) is 4.68 Å².